The molecular formula is C22H35ClI2O3. The Balaban J connectivity index is 1.91. The van der Waals surface area contributed by atoms with E-state index in [1.807, 2.05) is 6.92 Å². The number of ketones is 2. The van der Waals surface area contributed by atoms with E-state index in [0.29, 0.717) is 36.7 Å². The SMILES string of the molecule is CCC(=O)C1I2CC(O)C(C3(C)CCC(=O)CC3CCI)C[C@]2(C)C[C@@]1(C)Cl. The molecule has 162 valence electrons. The minimum absolute atomic E-state index is 0.00477. The second kappa shape index (κ2) is 8.53. The summed E-state index contributed by atoms with van der Waals surface area (Å²) in [4.78, 5) is 24.5. The van der Waals surface area contributed by atoms with Crippen molar-refractivity contribution < 1.29 is 14.7 Å². The second-order valence-electron chi connectivity index (χ2n) is 9.90. The van der Waals surface area contributed by atoms with Crippen LogP contribution in [0.3, 0.4) is 0 Å². The molecule has 7 atom stereocenters. The number of carbonyl (C=O) groups excluding carboxylic acids is 2. The summed E-state index contributed by atoms with van der Waals surface area (Å²) in [6, 6.07) is 0. The number of fused-ring (bicyclic) bond motifs is 1. The molecule has 1 N–H and O–H groups in total. The number of aliphatic hydroxyl groups excluding tert-OH is 1. The number of rotatable bonds is 5. The van der Waals surface area contributed by atoms with Gasteiger partial charge in [0.25, 0.3) is 0 Å². The van der Waals surface area contributed by atoms with Gasteiger partial charge >= 0.3 is 197 Å². The van der Waals surface area contributed by atoms with E-state index >= 15 is 0 Å². The Morgan fingerprint density at radius 3 is 2.64 bits per heavy atom. The molecule has 0 aromatic heterocycles. The summed E-state index contributed by atoms with van der Waals surface area (Å²) in [5, 5.41) is 11.3. The van der Waals surface area contributed by atoms with Crippen LogP contribution in [0.4, 0.5) is 0 Å². The molecular weight excluding hydrogens is 602 g/mol. The number of carbonyl (C=O) groups is 2. The first-order chi connectivity index (χ1) is 13.0. The zero-order chi connectivity index (χ0) is 20.9. The van der Waals surface area contributed by atoms with Crippen molar-refractivity contribution in [3.8, 4) is 0 Å². The normalized spacial score (nSPS) is 47.8. The van der Waals surface area contributed by atoms with E-state index in [2.05, 4.69) is 43.4 Å². The first-order valence-electron chi connectivity index (χ1n) is 10.6. The van der Waals surface area contributed by atoms with Crippen molar-refractivity contribution in [3.05, 3.63) is 0 Å². The van der Waals surface area contributed by atoms with Crippen LogP contribution in [0, 0.1) is 17.3 Å². The quantitative estimate of drug-likeness (QED) is 0.317. The van der Waals surface area contributed by atoms with Crippen LogP contribution in [0.1, 0.15) is 72.6 Å². The molecule has 0 radical (unpaired) electrons. The fourth-order valence-corrected chi connectivity index (χ4v) is 18.5. The van der Waals surface area contributed by atoms with Gasteiger partial charge in [-0.2, -0.15) is 0 Å². The minimum atomic E-state index is -1.77. The maximum absolute atomic E-state index is 12.8. The van der Waals surface area contributed by atoms with E-state index in [-0.39, 0.29) is 24.8 Å². The number of hydrogen-bond donors (Lipinski definition) is 1. The Morgan fingerprint density at radius 2 is 2.04 bits per heavy atom. The summed E-state index contributed by atoms with van der Waals surface area (Å²) in [6.45, 7) is 8.71. The Hall–Kier alpha value is 1.05. The van der Waals surface area contributed by atoms with Crippen LogP contribution in [0.5, 0.6) is 0 Å². The molecule has 3 fully saturated rings. The zero-order valence-corrected chi connectivity index (χ0v) is 22.6. The van der Waals surface area contributed by atoms with Crippen LogP contribution in [-0.4, -0.2) is 43.9 Å². The van der Waals surface area contributed by atoms with Crippen molar-refractivity contribution in [1.29, 1.82) is 0 Å². The van der Waals surface area contributed by atoms with Crippen LogP contribution in [-0.2, 0) is 9.59 Å². The maximum atomic E-state index is 12.8. The Bertz CT molecular complexity index is 639. The third kappa shape index (κ3) is 4.08. The summed E-state index contributed by atoms with van der Waals surface area (Å²) < 4.78 is 2.01. The summed E-state index contributed by atoms with van der Waals surface area (Å²) in [7, 11) is 0. The van der Waals surface area contributed by atoms with Gasteiger partial charge in [-0.05, 0) is 0 Å². The van der Waals surface area contributed by atoms with Crippen molar-refractivity contribution >= 4 is 65.6 Å². The van der Waals surface area contributed by atoms with Crippen LogP contribution in [0.15, 0.2) is 0 Å². The van der Waals surface area contributed by atoms with E-state index in [1.54, 1.807) is 0 Å². The van der Waals surface area contributed by atoms with Gasteiger partial charge in [-0.1, -0.05) is 0 Å². The summed E-state index contributed by atoms with van der Waals surface area (Å²) in [5.74, 6) is 1.29. The molecule has 0 spiro atoms. The molecule has 3 rings (SSSR count). The molecule has 28 heavy (non-hydrogen) atoms. The van der Waals surface area contributed by atoms with Crippen molar-refractivity contribution in [2.45, 2.75) is 91.0 Å². The van der Waals surface area contributed by atoms with E-state index in [0.717, 1.165) is 34.5 Å². The van der Waals surface area contributed by atoms with Crippen LogP contribution >= 0.6 is 54.0 Å². The standard InChI is InChI=1S/C22H35ClI2O3/c1-5-17(27)19-22(4,23)13-20(2)11-16(18(28)12-25(19)20)21(3)8-6-15(26)10-14(21)7-9-24/h14,16,18-19,28H,5-13H2,1-4H3/t14?,16?,18?,19?,20-,21?,22-/m1/s1. The molecule has 2 heterocycles. The predicted octanol–water partition coefficient (Wildman–Crippen LogP) is 5.58. The average Bonchev–Trinajstić information content (AvgIpc) is 2.82. The van der Waals surface area contributed by atoms with Gasteiger partial charge in [-0.15, -0.1) is 0 Å². The second-order valence-corrected chi connectivity index (χ2v) is 18.8. The number of hydrogen-bond acceptors (Lipinski definition) is 3. The molecule has 3 aliphatic rings. The first kappa shape index (κ1) is 23.7. The molecule has 1 aliphatic carbocycles. The summed E-state index contributed by atoms with van der Waals surface area (Å²) in [5.41, 5.74) is 0.0132. The van der Waals surface area contributed by atoms with Crippen LogP contribution in [0.2, 0.25) is 0 Å². The van der Waals surface area contributed by atoms with E-state index in [9.17, 15) is 14.7 Å². The monoisotopic (exact) mass is 636 g/mol. The van der Waals surface area contributed by atoms with Gasteiger partial charge in [0.05, 0.1) is 0 Å². The molecule has 0 bridgehead atoms. The van der Waals surface area contributed by atoms with E-state index in [1.165, 1.54) is 0 Å². The van der Waals surface area contributed by atoms with Gasteiger partial charge in [0, 0.05) is 0 Å². The number of halogens is 3. The van der Waals surface area contributed by atoms with Crippen molar-refractivity contribution in [2.24, 2.45) is 17.3 Å². The van der Waals surface area contributed by atoms with E-state index in [4.69, 9.17) is 11.6 Å². The third-order valence-electron chi connectivity index (χ3n) is 7.81. The van der Waals surface area contributed by atoms with Gasteiger partial charge in [0.2, 0.25) is 0 Å². The number of Topliss-reactive ketones (excluding diaryl/α,β-unsaturated/α-hetero) is 2. The first-order valence-corrected chi connectivity index (χ1v) is 16.4. The van der Waals surface area contributed by atoms with Crippen molar-refractivity contribution in [1.82, 2.24) is 0 Å². The third-order valence-corrected chi connectivity index (χ3v) is 18.7. The summed E-state index contributed by atoms with van der Waals surface area (Å²) in [6.07, 6.45) is 5.37. The zero-order valence-electron chi connectivity index (χ0n) is 17.6. The van der Waals surface area contributed by atoms with Crippen LogP contribution in [0.25, 0.3) is 0 Å². The summed E-state index contributed by atoms with van der Waals surface area (Å²) >= 11 is 7.62. The molecule has 6 heteroatoms. The Kier molecular flexibility index (Phi) is 7.22. The van der Waals surface area contributed by atoms with Gasteiger partial charge in [-0.3, -0.25) is 0 Å². The Morgan fingerprint density at radius 1 is 1.36 bits per heavy atom. The number of aliphatic hydroxyl groups is 1. The van der Waals surface area contributed by atoms with Gasteiger partial charge in [0.15, 0.2) is 0 Å². The van der Waals surface area contributed by atoms with Crippen molar-refractivity contribution in [2.75, 3.05) is 8.86 Å². The molecule has 2 saturated heterocycles. The van der Waals surface area contributed by atoms with Gasteiger partial charge < -0.3 is 0 Å². The molecule has 2 aliphatic heterocycles. The van der Waals surface area contributed by atoms with Gasteiger partial charge in [-0.25, -0.2) is 0 Å². The molecule has 5 unspecified atom stereocenters. The molecule has 0 aromatic rings. The average molecular weight is 637 g/mol. The molecule has 0 amide bonds. The predicted molar refractivity (Wildman–Crippen MR) is 133 cm³/mol. The van der Waals surface area contributed by atoms with Crippen molar-refractivity contribution in [3.63, 3.8) is 0 Å². The number of alkyl halides is 5. The van der Waals surface area contributed by atoms with Gasteiger partial charge in [0.1, 0.15) is 0 Å². The molecule has 0 aromatic carbocycles. The van der Waals surface area contributed by atoms with Crippen LogP contribution < -0.4 is 0 Å². The fraction of sp³-hybridized carbons (Fsp3) is 0.909. The molecule has 1 saturated carbocycles. The van der Waals surface area contributed by atoms with E-state index < -0.39 is 24.7 Å². The fourth-order valence-electron chi connectivity index (χ4n) is 6.36. The Labute approximate surface area is 196 Å². The topological polar surface area (TPSA) is 54.4 Å². The molecule has 3 nitrogen and oxygen atoms in total.